The zero-order chi connectivity index (χ0) is 13.9. The maximum atomic E-state index is 11.8. The Labute approximate surface area is 113 Å². The Morgan fingerprint density at radius 1 is 1.47 bits per heavy atom. The average Bonchev–Trinajstić information content (AvgIpc) is 2.75. The van der Waals surface area contributed by atoms with Crippen molar-refractivity contribution in [3.8, 4) is 0 Å². The zero-order valence-corrected chi connectivity index (χ0v) is 11.6. The highest BCUT2D eigenvalue weighted by atomic mass is 16.6. The highest BCUT2D eigenvalue weighted by Crippen LogP contribution is 2.22. The molecule has 2 atom stereocenters. The molecule has 0 bridgehead atoms. The third kappa shape index (κ3) is 3.92. The number of nitrogens with one attached hydrogen (secondary N) is 2. The summed E-state index contributed by atoms with van der Waals surface area (Å²) in [7, 11) is 0. The number of hydrogen-bond acceptors (Lipinski definition) is 4. The molecule has 5 heteroatoms. The predicted octanol–water partition coefficient (Wildman–Crippen LogP) is 2.01. The van der Waals surface area contributed by atoms with Gasteiger partial charge in [0.2, 0.25) is 0 Å². The molecule has 0 aromatic carbocycles. The van der Waals surface area contributed by atoms with Crippen LogP contribution in [0, 0.1) is 0 Å². The summed E-state index contributed by atoms with van der Waals surface area (Å²) in [5, 5.41) is 6.28. The number of alkyl carbamates (subject to hydrolysis) is 1. The molecule has 2 rings (SSSR count). The van der Waals surface area contributed by atoms with E-state index in [2.05, 4.69) is 15.6 Å². The summed E-state index contributed by atoms with van der Waals surface area (Å²) < 4.78 is 5.29. The van der Waals surface area contributed by atoms with Gasteiger partial charge >= 0.3 is 6.09 Å². The molecule has 2 heterocycles. The van der Waals surface area contributed by atoms with Crippen molar-refractivity contribution < 1.29 is 9.53 Å². The summed E-state index contributed by atoms with van der Waals surface area (Å²) in [5.74, 6) is 0. The van der Waals surface area contributed by atoms with Gasteiger partial charge in [0.05, 0.1) is 17.8 Å². The SMILES string of the molecule is CC(C)(C)OC(=O)N[C@@H]1CCN[C@H]1c1ccccn1. The lowest BCUT2D eigenvalue weighted by molar-refractivity contribution is 0.0500. The van der Waals surface area contributed by atoms with Crippen LogP contribution in [0.25, 0.3) is 0 Å². The first-order valence-corrected chi connectivity index (χ1v) is 6.59. The van der Waals surface area contributed by atoms with Gasteiger partial charge in [0.1, 0.15) is 5.60 Å². The highest BCUT2D eigenvalue weighted by molar-refractivity contribution is 5.68. The molecule has 1 aromatic rings. The molecule has 0 spiro atoms. The Bertz CT molecular complexity index is 428. The molecule has 1 aromatic heterocycles. The Morgan fingerprint density at radius 3 is 2.89 bits per heavy atom. The second kappa shape index (κ2) is 5.57. The first-order chi connectivity index (χ1) is 8.96. The molecule has 1 fully saturated rings. The van der Waals surface area contributed by atoms with E-state index in [0.29, 0.717) is 0 Å². The van der Waals surface area contributed by atoms with Crippen LogP contribution < -0.4 is 10.6 Å². The van der Waals surface area contributed by atoms with E-state index in [9.17, 15) is 4.79 Å². The van der Waals surface area contributed by atoms with Gasteiger partial charge in [-0.2, -0.15) is 0 Å². The maximum Gasteiger partial charge on any atom is 0.407 e. The monoisotopic (exact) mass is 263 g/mol. The first-order valence-electron chi connectivity index (χ1n) is 6.59. The maximum absolute atomic E-state index is 11.8. The number of carbonyl (C=O) groups excluding carboxylic acids is 1. The molecular weight excluding hydrogens is 242 g/mol. The zero-order valence-electron chi connectivity index (χ0n) is 11.6. The van der Waals surface area contributed by atoms with Gasteiger partial charge in [-0.05, 0) is 45.9 Å². The topological polar surface area (TPSA) is 63.2 Å². The van der Waals surface area contributed by atoms with E-state index >= 15 is 0 Å². The van der Waals surface area contributed by atoms with E-state index in [-0.39, 0.29) is 18.2 Å². The third-order valence-electron chi connectivity index (χ3n) is 2.93. The van der Waals surface area contributed by atoms with Crippen molar-refractivity contribution in [3.63, 3.8) is 0 Å². The van der Waals surface area contributed by atoms with Crippen molar-refractivity contribution in [1.29, 1.82) is 0 Å². The van der Waals surface area contributed by atoms with E-state index in [0.717, 1.165) is 18.7 Å². The van der Waals surface area contributed by atoms with Crippen molar-refractivity contribution in [2.75, 3.05) is 6.54 Å². The predicted molar refractivity (Wildman–Crippen MR) is 72.8 cm³/mol. The molecule has 19 heavy (non-hydrogen) atoms. The minimum atomic E-state index is -0.476. The van der Waals surface area contributed by atoms with Gasteiger partial charge in [0, 0.05) is 6.20 Å². The molecule has 0 aliphatic carbocycles. The van der Waals surface area contributed by atoms with Crippen LogP contribution in [0.1, 0.15) is 38.9 Å². The van der Waals surface area contributed by atoms with Crippen LogP contribution in [-0.2, 0) is 4.74 Å². The quantitative estimate of drug-likeness (QED) is 0.856. The lowest BCUT2D eigenvalue weighted by Gasteiger charge is -2.24. The molecule has 1 aliphatic heterocycles. The first kappa shape index (κ1) is 13.8. The van der Waals surface area contributed by atoms with Gasteiger partial charge in [-0.1, -0.05) is 6.07 Å². The Hall–Kier alpha value is -1.62. The molecule has 2 N–H and O–H groups in total. The molecule has 104 valence electrons. The van der Waals surface area contributed by atoms with Gasteiger partial charge < -0.3 is 15.4 Å². The normalized spacial score (nSPS) is 23.1. The van der Waals surface area contributed by atoms with Crippen LogP contribution in [0.4, 0.5) is 4.79 Å². The molecule has 1 aliphatic rings. The summed E-state index contributed by atoms with van der Waals surface area (Å²) in [5.41, 5.74) is 0.470. The van der Waals surface area contributed by atoms with Crippen LogP contribution in [0.15, 0.2) is 24.4 Å². The summed E-state index contributed by atoms with van der Waals surface area (Å²) >= 11 is 0. The van der Waals surface area contributed by atoms with Crippen LogP contribution >= 0.6 is 0 Å². The van der Waals surface area contributed by atoms with Crippen molar-refractivity contribution in [2.45, 2.75) is 44.9 Å². The Kier molecular flexibility index (Phi) is 4.04. The molecular formula is C14H21N3O2. The Morgan fingerprint density at radius 2 is 2.26 bits per heavy atom. The minimum absolute atomic E-state index is 0.0183. The van der Waals surface area contributed by atoms with Crippen LogP contribution in [-0.4, -0.2) is 29.3 Å². The summed E-state index contributed by atoms with van der Waals surface area (Å²) in [6, 6.07) is 5.87. The van der Waals surface area contributed by atoms with E-state index < -0.39 is 5.60 Å². The summed E-state index contributed by atoms with van der Waals surface area (Å²) in [6.45, 7) is 6.43. The largest absolute Gasteiger partial charge is 0.444 e. The number of nitrogens with zero attached hydrogens (tertiary/aromatic N) is 1. The summed E-state index contributed by atoms with van der Waals surface area (Å²) in [6.07, 6.45) is 2.27. The van der Waals surface area contributed by atoms with E-state index in [1.165, 1.54) is 0 Å². The molecule has 5 nitrogen and oxygen atoms in total. The van der Waals surface area contributed by atoms with Crippen LogP contribution in [0.5, 0.6) is 0 Å². The number of amides is 1. The van der Waals surface area contributed by atoms with Crippen molar-refractivity contribution >= 4 is 6.09 Å². The van der Waals surface area contributed by atoms with Gasteiger partial charge in [-0.15, -0.1) is 0 Å². The number of pyridine rings is 1. The lowest BCUT2D eigenvalue weighted by Crippen LogP contribution is -2.41. The van der Waals surface area contributed by atoms with Gasteiger partial charge in [0.15, 0.2) is 0 Å². The van der Waals surface area contributed by atoms with Gasteiger partial charge in [0.25, 0.3) is 0 Å². The van der Waals surface area contributed by atoms with Crippen LogP contribution in [0.3, 0.4) is 0 Å². The number of hydrogen-bond donors (Lipinski definition) is 2. The van der Waals surface area contributed by atoms with Gasteiger partial charge in [-0.25, -0.2) is 4.79 Å². The number of aromatic nitrogens is 1. The molecule has 1 amide bonds. The second-order valence-corrected chi connectivity index (χ2v) is 5.73. The van der Waals surface area contributed by atoms with Crippen molar-refractivity contribution in [3.05, 3.63) is 30.1 Å². The molecule has 0 saturated carbocycles. The fourth-order valence-corrected chi connectivity index (χ4v) is 2.19. The summed E-state index contributed by atoms with van der Waals surface area (Å²) in [4.78, 5) is 16.1. The van der Waals surface area contributed by atoms with Gasteiger partial charge in [-0.3, -0.25) is 4.98 Å². The molecule has 0 unspecified atom stereocenters. The lowest BCUT2D eigenvalue weighted by atomic mass is 10.1. The molecule has 0 radical (unpaired) electrons. The van der Waals surface area contributed by atoms with Crippen molar-refractivity contribution in [1.82, 2.24) is 15.6 Å². The third-order valence-corrected chi connectivity index (χ3v) is 2.93. The smallest absolute Gasteiger partial charge is 0.407 e. The standard InChI is InChI=1S/C14H21N3O2/c1-14(2,3)19-13(18)17-11-7-9-16-12(11)10-6-4-5-8-15-10/h4-6,8,11-12,16H,7,9H2,1-3H3,(H,17,18)/t11-,12+/m1/s1. The number of carbonyl (C=O) groups is 1. The molecule has 1 saturated heterocycles. The minimum Gasteiger partial charge on any atom is -0.444 e. The fourth-order valence-electron chi connectivity index (χ4n) is 2.19. The van der Waals surface area contributed by atoms with E-state index in [1.807, 2.05) is 39.0 Å². The van der Waals surface area contributed by atoms with E-state index in [1.54, 1.807) is 6.20 Å². The van der Waals surface area contributed by atoms with E-state index in [4.69, 9.17) is 4.74 Å². The Balaban J connectivity index is 1.98. The average molecular weight is 263 g/mol. The number of ether oxygens (including phenoxy) is 1. The highest BCUT2D eigenvalue weighted by Gasteiger charge is 2.31. The van der Waals surface area contributed by atoms with Crippen molar-refractivity contribution in [2.24, 2.45) is 0 Å². The number of rotatable bonds is 2. The van der Waals surface area contributed by atoms with Crippen LogP contribution in [0.2, 0.25) is 0 Å². The fraction of sp³-hybridized carbons (Fsp3) is 0.571. The second-order valence-electron chi connectivity index (χ2n) is 5.73.